The maximum atomic E-state index is 11.8. The first-order valence-corrected chi connectivity index (χ1v) is 7.11. The van der Waals surface area contributed by atoms with Gasteiger partial charge in [-0.15, -0.1) is 0 Å². The minimum absolute atomic E-state index is 0.0828. The van der Waals surface area contributed by atoms with Gasteiger partial charge < -0.3 is 10.6 Å². The van der Waals surface area contributed by atoms with Crippen molar-refractivity contribution in [3.05, 3.63) is 35.4 Å². The van der Waals surface area contributed by atoms with Gasteiger partial charge in [0.1, 0.15) is 0 Å². The summed E-state index contributed by atoms with van der Waals surface area (Å²) in [7, 11) is 0. The highest BCUT2D eigenvalue weighted by Crippen LogP contribution is 2.33. The standard InChI is InChI=1S/C16H24N2O/c1-4-16(2,3)18-15(19)11-17-10-13-9-12-7-5-6-8-14(12)13/h5-8,13,17H,4,9-11H2,1-3H3,(H,18,19). The normalized spacial score (nSPS) is 17.5. The fourth-order valence-corrected chi connectivity index (χ4v) is 2.41. The van der Waals surface area contributed by atoms with Crippen molar-refractivity contribution in [2.75, 3.05) is 13.1 Å². The summed E-state index contributed by atoms with van der Waals surface area (Å²) in [6.07, 6.45) is 2.07. The van der Waals surface area contributed by atoms with Crippen LogP contribution >= 0.6 is 0 Å². The highest BCUT2D eigenvalue weighted by molar-refractivity contribution is 5.78. The molecule has 3 nitrogen and oxygen atoms in total. The van der Waals surface area contributed by atoms with Gasteiger partial charge in [-0.05, 0) is 37.8 Å². The predicted molar refractivity (Wildman–Crippen MR) is 78.3 cm³/mol. The zero-order chi connectivity index (χ0) is 13.9. The summed E-state index contributed by atoms with van der Waals surface area (Å²) in [5.41, 5.74) is 2.78. The van der Waals surface area contributed by atoms with Crippen LogP contribution in [0, 0.1) is 0 Å². The van der Waals surface area contributed by atoms with Crippen LogP contribution in [0.4, 0.5) is 0 Å². The minimum atomic E-state index is -0.109. The maximum absolute atomic E-state index is 11.8. The molecule has 2 N–H and O–H groups in total. The number of hydrogen-bond donors (Lipinski definition) is 2. The van der Waals surface area contributed by atoms with Crippen LogP contribution in [0.2, 0.25) is 0 Å². The second-order valence-electron chi connectivity index (χ2n) is 6.02. The van der Waals surface area contributed by atoms with Crippen LogP contribution in [0.3, 0.4) is 0 Å². The molecule has 1 aromatic rings. The Hall–Kier alpha value is -1.35. The van der Waals surface area contributed by atoms with E-state index in [1.54, 1.807) is 0 Å². The summed E-state index contributed by atoms with van der Waals surface area (Å²) in [5, 5.41) is 6.30. The Morgan fingerprint density at radius 3 is 2.79 bits per heavy atom. The second kappa shape index (κ2) is 5.74. The van der Waals surface area contributed by atoms with Crippen LogP contribution in [-0.4, -0.2) is 24.5 Å². The largest absolute Gasteiger partial charge is 0.350 e. The van der Waals surface area contributed by atoms with E-state index in [1.165, 1.54) is 11.1 Å². The third kappa shape index (κ3) is 3.57. The SMILES string of the molecule is CCC(C)(C)NC(=O)CNCC1Cc2ccccc21. The molecule has 0 saturated carbocycles. The van der Waals surface area contributed by atoms with Gasteiger partial charge in [-0.2, -0.15) is 0 Å². The Bertz CT molecular complexity index is 454. The monoisotopic (exact) mass is 260 g/mol. The molecule has 0 heterocycles. The lowest BCUT2D eigenvalue weighted by atomic mass is 9.77. The molecular weight excluding hydrogens is 236 g/mol. The topological polar surface area (TPSA) is 41.1 Å². The van der Waals surface area contributed by atoms with Crippen molar-refractivity contribution < 1.29 is 4.79 Å². The highest BCUT2D eigenvalue weighted by Gasteiger charge is 2.25. The first kappa shape index (κ1) is 14.1. The zero-order valence-corrected chi connectivity index (χ0v) is 12.1. The van der Waals surface area contributed by atoms with Crippen molar-refractivity contribution in [1.29, 1.82) is 0 Å². The lowest BCUT2D eigenvalue weighted by molar-refractivity contribution is -0.121. The Labute approximate surface area is 115 Å². The van der Waals surface area contributed by atoms with Gasteiger partial charge in [-0.3, -0.25) is 4.79 Å². The summed E-state index contributed by atoms with van der Waals surface area (Å²) < 4.78 is 0. The Morgan fingerprint density at radius 2 is 2.11 bits per heavy atom. The van der Waals surface area contributed by atoms with Gasteiger partial charge in [0.25, 0.3) is 0 Å². The molecule has 0 saturated heterocycles. The third-order valence-electron chi connectivity index (χ3n) is 4.00. The molecule has 0 aromatic heterocycles. The summed E-state index contributed by atoms with van der Waals surface area (Å²) in [6.45, 7) is 7.47. The average molecular weight is 260 g/mol. The van der Waals surface area contributed by atoms with Gasteiger partial charge in [-0.25, -0.2) is 0 Å². The van der Waals surface area contributed by atoms with Gasteiger partial charge in [0.15, 0.2) is 0 Å². The Morgan fingerprint density at radius 1 is 1.37 bits per heavy atom. The summed E-state index contributed by atoms with van der Waals surface area (Å²) in [4.78, 5) is 11.8. The average Bonchev–Trinajstić information content (AvgIpc) is 2.34. The van der Waals surface area contributed by atoms with E-state index in [1.807, 2.05) is 13.8 Å². The molecule has 1 atom stereocenters. The van der Waals surface area contributed by atoms with E-state index in [0.717, 1.165) is 19.4 Å². The Balaban J connectivity index is 1.70. The van der Waals surface area contributed by atoms with Gasteiger partial charge >= 0.3 is 0 Å². The molecule has 1 unspecified atom stereocenters. The van der Waals surface area contributed by atoms with Crippen molar-refractivity contribution in [3.63, 3.8) is 0 Å². The van der Waals surface area contributed by atoms with E-state index in [2.05, 4.69) is 41.8 Å². The van der Waals surface area contributed by atoms with Gasteiger partial charge in [0, 0.05) is 18.0 Å². The third-order valence-corrected chi connectivity index (χ3v) is 4.00. The molecule has 0 aliphatic heterocycles. The van der Waals surface area contributed by atoms with Crippen molar-refractivity contribution >= 4 is 5.91 Å². The van der Waals surface area contributed by atoms with Gasteiger partial charge in [0.05, 0.1) is 6.54 Å². The number of rotatable bonds is 6. The minimum Gasteiger partial charge on any atom is -0.350 e. The van der Waals surface area contributed by atoms with Gasteiger partial charge in [-0.1, -0.05) is 31.2 Å². The summed E-state index contributed by atoms with van der Waals surface area (Å²) in [6, 6.07) is 8.54. The highest BCUT2D eigenvalue weighted by atomic mass is 16.2. The van der Waals surface area contributed by atoms with E-state index in [0.29, 0.717) is 12.5 Å². The molecular formula is C16H24N2O. The molecule has 0 fully saturated rings. The van der Waals surface area contributed by atoms with E-state index < -0.39 is 0 Å². The number of fused-ring (bicyclic) bond motifs is 1. The molecule has 0 spiro atoms. The van der Waals surface area contributed by atoms with Crippen LogP contribution < -0.4 is 10.6 Å². The van der Waals surface area contributed by atoms with E-state index in [4.69, 9.17) is 0 Å². The fraction of sp³-hybridized carbons (Fsp3) is 0.562. The molecule has 1 aromatic carbocycles. The number of carbonyl (C=O) groups is 1. The molecule has 2 rings (SSSR count). The maximum Gasteiger partial charge on any atom is 0.234 e. The molecule has 1 aliphatic carbocycles. The molecule has 19 heavy (non-hydrogen) atoms. The van der Waals surface area contributed by atoms with Crippen molar-refractivity contribution in [2.45, 2.75) is 45.1 Å². The van der Waals surface area contributed by atoms with Crippen molar-refractivity contribution in [3.8, 4) is 0 Å². The first-order valence-electron chi connectivity index (χ1n) is 7.11. The first-order chi connectivity index (χ1) is 9.02. The van der Waals surface area contributed by atoms with Crippen LogP contribution in [0.25, 0.3) is 0 Å². The molecule has 3 heteroatoms. The van der Waals surface area contributed by atoms with Crippen LogP contribution in [0.1, 0.15) is 44.2 Å². The Kier molecular flexibility index (Phi) is 4.25. The van der Waals surface area contributed by atoms with E-state index in [9.17, 15) is 4.79 Å². The molecule has 1 amide bonds. The predicted octanol–water partition coefficient (Wildman–Crippen LogP) is 2.22. The summed E-state index contributed by atoms with van der Waals surface area (Å²) in [5.74, 6) is 0.655. The van der Waals surface area contributed by atoms with Crippen LogP contribution in [0.15, 0.2) is 24.3 Å². The van der Waals surface area contributed by atoms with E-state index in [-0.39, 0.29) is 11.4 Å². The lowest BCUT2D eigenvalue weighted by Gasteiger charge is -2.30. The van der Waals surface area contributed by atoms with Crippen LogP contribution in [-0.2, 0) is 11.2 Å². The summed E-state index contributed by atoms with van der Waals surface area (Å²) >= 11 is 0. The van der Waals surface area contributed by atoms with Crippen molar-refractivity contribution in [1.82, 2.24) is 10.6 Å². The zero-order valence-electron chi connectivity index (χ0n) is 12.1. The van der Waals surface area contributed by atoms with Gasteiger partial charge in [0.2, 0.25) is 5.91 Å². The smallest absolute Gasteiger partial charge is 0.234 e. The quantitative estimate of drug-likeness (QED) is 0.823. The number of hydrogen-bond acceptors (Lipinski definition) is 2. The molecule has 0 bridgehead atoms. The van der Waals surface area contributed by atoms with E-state index >= 15 is 0 Å². The number of carbonyl (C=O) groups excluding carboxylic acids is 1. The second-order valence-corrected chi connectivity index (χ2v) is 6.02. The number of benzene rings is 1. The fourth-order valence-electron chi connectivity index (χ4n) is 2.41. The van der Waals surface area contributed by atoms with Crippen LogP contribution in [0.5, 0.6) is 0 Å². The van der Waals surface area contributed by atoms with Crippen molar-refractivity contribution in [2.24, 2.45) is 0 Å². The molecule has 0 radical (unpaired) electrons. The molecule has 1 aliphatic rings. The number of nitrogens with one attached hydrogen (secondary N) is 2. The lowest BCUT2D eigenvalue weighted by Crippen LogP contribution is -2.47. The molecule has 104 valence electrons. The number of amides is 1.